The van der Waals surface area contributed by atoms with Crippen LogP contribution in [0.3, 0.4) is 0 Å². The van der Waals surface area contributed by atoms with Gasteiger partial charge in [-0.2, -0.15) is 0 Å². The fraction of sp³-hybridized carbons (Fsp3) is 0.0833. The zero-order valence-electron chi connectivity index (χ0n) is 16.5. The Morgan fingerprint density at radius 2 is 1.58 bits per heavy atom. The molecule has 0 atom stereocenters. The minimum Gasteiger partial charge on any atom is -0.337 e. The molecule has 0 N–H and O–H groups in total. The summed E-state index contributed by atoms with van der Waals surface area (Å²) in [7, 11) is 0. The van der Waals surface area contributed by atoms with Gasteiger partial charge >= 0.3 is 0 Å². The number of halogens is 3. The molecule has 0 aliphatic carbocycles. The van der Waals surface area contributed by atoms with Gasteiger partial charge in [-0.3, -0.25) is 9.59 Å². The molecule has 0 bridgehead atoms. The molecule has 1 aliphatic heterocycles. The molecule has 4 rings (SSSR count). The molecule has 0 unspecified atom stereocenters. The Bertz CT molecular complexity index is 1190. The van der Waals surface area contributed by atoms with Crippen molar-refractivity contribution in [1.29, 1.82) is 0 Å². The van der Waals surface area contributed by atoms with Crippen LogP contribution in [0, 0.1) is 5.82 Å². The van der Waals surface area contributed by atoms with Crippen LogP contribution in [0.2, 0.25) is 10.0 Å². The predicted molar refractivity (Wildman–Crippen MR) is 122 cm³/mol. The Kier molecular flexibility index (Phi) is 5.81. The van der Waals surface area contributed by atoms with Crippen LogP contribution in [-0.4, -0.2) is 18.4 Å². The van der Waals surface area contributed by atoms with Crippen molar-refractivity contribution in [3.8, 4) is 0 Å². The van der Waals surface area contributed by atoms with Crippen LogP contribution >= 0.6 is 23.2 Å². The number of carbonyl (C=O) groups excluding carboxylic acids is 2. The van der Waals surface area contributed by atoms with E-state index in [4.69, 9.17) is 23.2 Å². The zero-order valence-corrected chi connectivity index (χ0v) is 18.0. The van der Waals surface area contributed by atoms with Crippen LogP contribution in [0.5, 0.6) is 0 Å². The Morgan fingerprint density at radius 3 is 2.19 bits per heavy atom. The first-order valence-electron chi connectivity index (χ1n) is 9.59. The molecule has 3 aromatic carbocycles. The summed E-state index contributed by atoms with van der Waals surface area (Å²) >= 11 is 11.9. The van der Waals surface area contributed by atoms with Gasteiger partial charge in [0.15, 0.2) is 0 Å². The SMILES string of the molecule is CCN(C1=C(c2ccc(Cl)cc2)C(=O)N(c2ccc(F)c(Cl)c2)C1=O)c1ccccc1. The lowest BCUT2D eigenvalue weighted by Gasteiger charge is -2.25. The third kappa shape index (κ3) is 3.82. The molecule has 0 fully saturated rings. The number of anilines is 2. The number of hydrogen-bond donors (Lipinski definition) is 0. The number of para-hydroxylation sites is 1. The molecule has 2 amide bonds. The van der Waals surface area contributed by atoms with Gasteiger partial charge in [-0.05, 0) is 55.0 Å². The summed E-state index contributed by atoms with van der Waals surface area (Å²) in [5.41, 5.74) is 2.01. The smallest absolute Gasteiger partial charge is 0.282 e. The fourth-order valence-corrected chi connectivity index (χ4v) is 3.88. The van der Waals surface area contributed by atoms with E-state index in [-0.39, 0.29) is 22.0 Å². The van der Waals surface area contributed by atoms with Crippen molar-refractivity contribution in [1.82, 2.24) is 0 Å². The topological polar surface area (TPSA) is 40.6 Å². The third-order valence-corrected chi connectivity index (χ3v) is 5.55. The number of amides is 2. The van der Waals surface area contributed by atoms with Crippen LogP contribution in [0.4, 0.5) is 15.8 Å². The number of likely N-dealkylation sites (N-methyl/N-ethyl adjacent to an activating group) is 1. The molecule has 0 spiro atoms. The summed E-state index contributed by atoms with van der Waals surface area (Å²) in [5.74, 6) is -1.65. The van der Waals surface area contributed by atoms with E-state index in [1.165, 1.54) is 12.1 Å². The van der Waals surface area contributed by atoms with E-state index in [1.807, 2.05) is 37.3 Å². The predicted octanol–water partition coefficient (Wildman–Crippen LogP) is 5.94. The molecule has 3 aromatic rings. The molecule has 0 radical (unpaired) electrons. The van der Waals surface area contributed by atoms with Crippen LogP contribution < -0.4 is 9.80 Å². The summed E-state index contributed by atoms with van der Waals surface area (Å²) in [6, 6.07) is 19.8. The summed E-state index contributed by atoms with van der Waals surface area (Å²) in [6.45, 7) is 2.35. The number of rotatable bonds is 5. The number of hydrogen-bond acceptors (Lipinski definition) is 3. The maximum absolute atomic E-state index is 13.7. The van der Waals surface area contributed by atoms with E-state index in [1.54, 1.807) is 29.2 Å². The lowest BCUT2D eigenvalue weighted by molar-refractivity contribution is -0.120. The van der Waals surface area contributed by atoms with Crippen molar-refractivity contribution in [3.63, 3.8) is 0 Å². The highest BCUT2D eigenvalue weighted by atomic mass is 35.5. The van der Waals surface area contributed by atoms with Crippen LogP contribution in [0.15, 0.2) is 78.5 Å². The molecular formula is C24H17Cl2FN2O2. The average Bonchev–Trinajstić information content (AvgIpc) is 3.02. The van der Waals surface area contributed by atoms with E-state index in [0.29, 0.717) is 17.1 Å². The highest BCUT2D eigenvalue weighted by Gasteiger charge is 2.42. The fourth-order valence-electron chi connectivity index (χ4n) is 3.58. The molecule has 7 heteroatoms. The van der Waals surface area contributed by atoms with Crippen LogP contribution in [0.1, 0.15) is 12.5 Å². The van der Waals surface area contributed by atoms with Gasteiger partial charge in [0.25, 0.3) is 11.8 Å². The maximum Gasteiger partial charge on any atom is 0.282 e. The molecule has 0 aromatic heterocycles. The first kappa shape index (κ1) is 21.1. The second kappa shape index (κ2) is 8.53. The zero-order chi connectivity index (χ0) is 22.1. The van der Waals surface area contributed by atoms with Gasteiger partial charge < -0.3 is 4.90 Å². The van der Waals surface area contributed by atoms with Crippen molar-refractivity contribution < 1.29 is 14.0 Å². The summed E-state index contributed by atoms with van der Waals surface area (Å²) in [4.78, 5) is 29.9. The summed E-state index contributed by atoms with van der Waals surface area (Å²) in [5, 5.41) is 0.343. The Balaban J connectivity index is 1.91. The molecule has 0 saturated carbocycles. The van der Waals surface area contributed by atoms with Gasteiger partial charge in [-0.15, -0.1) is 0 Å². The van der Waals surface area contributed by atoms with Crippen molar-refractivity contribution >= 4 is 52.0 Å². The quantitative estimate of drug-likeness (QED) is 0.447. The van der Waals surface area contributed by atoms with Gasteiger partial charge in [0.2, 0.25) is 0 Å². The van der Waals surface area contributed by atoms with Gasteiger partial charge in [-0.1, -0.05) is 53.5 Å². The lowest BCUT2D eigenvalue weighted by atomic mass is 10.0. The first-order valence-corrected chi connectivity index (χ1v) is 10.3. The first-order chi connectivity index (χ1) is 14.9. The van der Waals surface area contributed by atoms with E-state index >= 15 is 0 Å². The van der Waals surface area contributed by atoms with E-state index in [0.717, 1.165) is 16.7 Å². The van der Waals surface area contributed by atoms with Crippen LogP contribution in [0.25, 0.3) is 5.57 Å². The maximum atomic E-state index is 13.7. The normalized spacial score (nSPS) is 13.9. The monoisotopic (exact) mass is 454 g/mol. The third-order valence-electron chi connectivity index (χ3n) is 5.01. The van der Waals surface area contributed by atoms with Gasteiger partial charge in [0, 0.05) is 17.3 Å². The van der Waals surface area contributed by atoms with Crippen molar-refractivity contribution in [2.24, 2.45) is 0 Å². The molecular weight excluding hydrogens is 438 g/mol. The molecule has 156 valence electrons. The number of imide groups is 1. The average molecular weight is 455 g/mol. The number of nitrogens with zero attached hydrogens (tertiary/aromatic N) is 2. The molecule has 31 heavy (non-hydrogen) atoms. The van der Waals surface area contributed by atoms with Gasteiger partial charge in [0.1, 0.15) is 11.5 Å². The lowest BCUT2D eigenvalue weighted by Crippen LogP contribution is -2.35. The van der Waals surface area contributed by atoms with Gasteiger partial charge in [0.05, 0.1) is 16.3 Å². The van der Waals surface area contributed by atoms with Crippen molar-refractivity contribution in [2.75, 3.05) is 16.3 Å². The second-order valence-corrected chi connectivity index (χ2v) is 7.70. The molecule has 4 nitrogen and oxygen atoms in total. The van der Waals surface area contributed by atoms with E-state index < -0.39 is 17.6 Å². The van der Waals surface area contributed by atoms with E-state index in [9.17, 15) is 14.0 Å². The summed E-state index contributed by atoms with van der Waals surface area (Å²) < 4.78 is 13.7. The Hall–Kier alpha value is -3.15. The Labute approximate surface area is 189 Å². The highest BCUT2D eigenvalue weighted by Crippen LogP contribution is 2.37. The van der Waals surface area contributed by atoms with E-state index in [2.05, 4.69) is 0 Å². The largest absolute Gasteiger partial charge is 0.337 e. The highest BCUT2D eigenvalue weighted by molar-refractivity contribution is 6.46. The number of carbonyl (C=O) groups is 2. The minimum atomic E-state index is -0.630. The minimum absolute atomic E-state index is 0.171. The molecule has 0 saturated heterocycles. The molecule has 1 heterocycles. The van der Waals surface area contributed by atoms with Crippen molar-refractivity contribution in [3.05, 3.63) is 99.9 Å². The Morgan fingerprint density at radius 1 is 0.903 bits per heavy atom. The number of benzene rings is 3. The van der Waals surface area contributed by atoms with Crippen molar-refractivity contribution in [2.45, 2.75) is 6.92 Å². The van der Waals surface area contributed by atoms with Gasteiger partial charge in [-0.25, -0.2) is 9.29 Å². The molecule has 1 aliphatic rings. The second-order valence-electron chi connectivity index (χ2n) is 6.85. The van der Waals surface area contributed by atoms with Crippen LogP contribution in [-0.2, 0) is 9.59 Å². The standard InChI is InChI=1S/C24H17Cl2FN2O2/c1-2-28(17-6-4-3-5-7-17)22-21(15-8-10-16(25)11-9-15)23(30)29(24(22)31)18-12-13-20(27)19(26)14-18/h3-14H,2H2,1H3. The summed E-state index contributed by atoms with van der Waals surface area (Å²) in [6.07, 6.45) is 0.